The predicted molar refractivity (Wildman–Crippen MR) is 66.8 cm³/mol. The van der Waals surface area contributed by atoms with E-state index >= 15 is 0 Å². The number of aryl methyl sites for hydroxylation is 1. The van der Waals surface area contributed by atoms with Crippen molar-refractivity contribution in [2.45, 2.75) is 19.8 Å². The quantitative estimate of drug-likeness (QED) is 0.778. The number of hydrogen-bond acceptors (Lipinski definition) is 2. The average Bonchev–Trinajstić information content (AvgIpc) is 2.28. The Balaban J connectivity index is 2.19. The van der Waals surface area contributed by atoms with E-state index in [1.807, 2.05) is 25.1 Å². The van der Waals surface area contributed by atoms with Crippen LogP contribution in [0, 0.1) is 12.8 Å². The number of hydrogen-bond donors (Lipinski definition) is 0. The van der Waals surface area contributed by atoms with Crippen LogP contribution in [-0.4, -0.2) is 19.0 Å². The van der Waals surface area contributed by atoms with E-state index in [-0.39, 0.29) is 11.7 Å². The Hall–Kier alpha value is -0.670. The molecule has 2 nitrogen and oxygen atoms in total. The number of benzene rings is 1. The van der Waals surface area contributed by atoms with Crippen molar-refractivity contribution in [2.75, 3.05) is 13.2 Å². The summed E-state index contributed by atoms with van der Waals surface area (Å²) in [5.74, 6) is 0.398. The third-order valence-electron chi connectivity index (χ3n) is 2.92. The number of Topliss-reactive ketones (excluding diaryl/α,β-unsaturated/α-hetero) is 1. The molecule has 1 saturated heterocycles. The van der Waals surface area contributed by atoms with E-state index in [1.54, 1.807) is 0 Å². The molecule has 0 bridgehead atoms. The third kappa shape index (κ3) is 2.71. The maximum Gasteiger partial charge on any atom is 0.166 e. The zero-order valence-corrected chi connectivity index (χ0v) is 10.9. The van der Waals surface area contributed by atoms with Crippen molar-refractivity contribution in [1.82, 2.24) is 0 Å². The fourth-order valence-electron chi connectivity index (χ4n) is 2.07. The first kappa shape index (κ1) is 11.8. The number of rotatable bonds is 2. The van der Waals surface area contributed by atoms with Crippen LogP contribution in [0.5, 0.6) is 0 Å². The first-order valence-electron chi connectivity index (χ1n) is 5.56. The van der Waals surface area contributed by atoms with E-state index in [0.717, 1.165) is 28.4 Å². The highest BCUT2D eigenvalue weighted by Gasteiger charge is 2.22. The summed E-state index contributed by atoms with van der Waals surface area (Å²) in [7, 11) is 0. The Bertz CT molecular complexity index is 375. The van der Waals surface area contributed by atoms with Gasteiger partial charge in [-0.3, -0.25) is 4.79 Å². The Morgan fingerprint density at radius 3 is 2.62 bits per heavy atom. The minimum atomic E-state index is 0.141. The van der Waals surface area contributed by atoms with Gasteiger partial charge in [-0.25, -0.2) is 0 Å². The highest BCUT2D eigenvalue weighted by molar-refractivity contribution is 9.10. The lowest BCUT2D eigenvalue weighted by molar-refractivity contribution is 0.0545. The molecular weight excluding hydrogens is 268 g/mol. The first-order valence-corrected chi connectivity index (χ1v) is 6.35. The van der Waals surface area contributed by atoms with Gasteiger partial charge in [0.05, 0.1) is 0 Å². The highest BCUT2D eigenvalue weighted by atomic mass is 79.9. The second-order valence-electron chi connectivity index (χ2n) is 4.27. The summed E-state index contributed by atoms with van der Waals surface area (Å²) in [6.45, 7) is 3.43. The summed E-state index contributed by atoms with van der Waals surface area (Å²) in [4.78, 5) is 12.2. The topological polar surface area (TPSA) is 26.3 Å². The number of carbonyl (C=O) groups excluding carboxylic acids is 1. The Kier molecular flexibility index (Phi) is 3.77. The van der Waals surface area contributed by atoms with E-state index in [4.69, 9.17) is 4.74 Å². The summed E-state index contributed by atoms with van der Waals surface area (Å²) in [6, 6.07) is 5.88. The molecule has 1 aliphatic rings. The molecule has 3 heteroatoms. The monoisotopic (exact) mass is 282 g/mol. The van der Waals surface area contributed by atoms with Crippen LogP contribution in [0.15, 0.2) is 22.7 Å². The number of ketones is 1. The molecule has 0 saturated carbocycles. The smallest absolute Gasteiger partial charge is 0.166 e. The minimum Gasteiger partial charge on any atom is -0.381 e. The fourth-order valence-corrected chi connectivity index (χ4v) is 2.68. The Morgan fingerprint density at radius 1 is 1.31 bits per heavy atom. The van der Waals surface area contributed by atoms with Crippen LogP contribution in [0.1, 0.15) is 28.8 Å². The molecule has 0 radical (unpaired) electrons. The maximum absolute atomic E-state index is 12.2. The number of ether oxygens (including phenoxy) is 1. The van der Waals surface area contributed by atoms with Gasteiger partial charge in [-0.2, -0.15) is 0 Å². The van der Waals surface area contributed by atoms with Crippen LogP contribution in [-0.2, 0) is 4.74 Å². The van der Waals surface area contributed by atoms with E-state index < -0.39 is 0 Å². The third-order valence-corrected chi connectivity index (χ3v) is 3.38. The van der Waals surface area contributed by atoms with Gasteiger partial charge in [0, 0.05) is 29.2 Å². The lowest BCUT2D eigenvalue weighted by atomic mass is 9.90. The largest absolute Gasteiger partial charge is 0.381 e. The fraction of sp³-hybridized carbons (Fsp3) is 0.462. The van der Waals surface area contributed by atoms with Gasteiger partial charge in [-0.15, -0.1) is 0 Å². The van der Waals surface area contributed by atoms with Crippen LogP contribution in [0.3, 0.4) is 0 Å². The average molecular weight is 283 g/mol. The Labute approximate surface area is 104 Å². The van der Waals surface area contributed by atoms with Gasteiger partial charge < -0.3 is 4.74 Å². The van der Waals surface area contributed by atoms with Crippen molar-refractivity contribution >= 4 is 21.7 Å². The van der Waals surface area contributed by atoms with Gasteiger partial charge in [0.1, 0.15) is 0 Å². The standard InChI is InChI=1S/C13H15BrO2/c1-9-6-11(8-12(14)7-9)13(15)10-2-4-16-5-3-10/h6-8,10H,2-5H2,1H3. The summed E-state index contributed by atoms with van der Waals surface area (Å²) in [5, 5.41) is 0. The molecule has 1 aliphatic heterocycles. The molecule has 0 spiro atoms. The summed E-state index contributed by atoms with van der Waals surface area (Å²) in [5.41, 5.74) is 1.93. The van der Waals surface area contributed by atoms with E-state index in [1.165, 1.54) is 0 Å². The molecule has 86 valence electrons. The summed E-state index contributed by atoms with van der Waals surface area (Å²) >= 11 is 3.43. The molecule has 0 atom stereocenters. The molecule has 1 heterocycles. The summed E-state index contributed by atoms with van der Waals surface area (Å²) < 4.78 is 6.25. The van der Waals surface area contributed by atoms with Crippen molar-refractivity contribution in [3.63, 3.8) is 0 Å². The molecule has 1 fully saturated rings. The van der Waals surface area contributed by atoms with E-state index in [9.17, 15) is 4.79 Å². The summed E-state index contributed by atoms with van der Waals surface area (Å²) in [6.07, 6.45) is 1.70. The number of carbonyl (C=O) groups is 1. The lowest BCUT2D eigenvalue weighted by Crippen LogP contribution is -2.23. The molecule has 0 aromatic heterocycles. The molecule has 1 aromatic rings. The van der Waals surface area contributed by atoms with Crippen molar-refractivity contribution in [2.24, 2.45) is 5.92 Å². The lowest BCUT2D eigenvalue weighted by Gasteiger charge is -2.21. The van der Waals surface area contributed by atoms with Crippen LogP contribution in [0.4, 0.5) is 0 Å². The molecule has 0 N–H and O–H groups in total. The van der Waals surface area contributed by atoms with Crippen molar-refractivity contribution in [1.29, 1.82) is 0 Å². The molecule has 0 amide bonds. The minimum absolute atomic E-state index is 0.141. The second kappa shape index (κ2) is 5.11. The second-order valence-corrected chi connectivity index (χ2v) is 5.18. The SMILES string of the molecule is Cc1cc(Br)cc(C(=O)C2CCOCC2)c1. The number of halogens is 1. The van der Waals surface area contributed by atoms with Gasteiger partial charge in [-0.05, 0) is 43.5 Å². The molecule has 0 unspecified atom stereocenters. The zero-order chi connectivity index (χ0) is 11.5. The van der Waals surface area contributed by atoms with Crippen LogP contribution in [0.2, 0.25) is 0 Å². The van der Waals surface area contributed by atoms with Gasteiger partial charge in [-0.1, -0.05) is 15.9 Å². The predicted octanol–water partition coefficient (Wildman–Crippen LogP) is 3.37. The highest BCUT2D eigenvalue weighted by Crippen LogP contribution is 2.23. The molecule has 1 aromatic carbocycles. The first-order chi connectivity index (χ1) is 7.66. The van der Waals surface area contributed by atoms with Crippen molar-refractivity contribution in [3.8, 4) is 0 Å². The maximum atomic E-state index is 12.2. The molecular formula is C13H15BrO2. The van der Waals surface area contributed by atoms with Gasteiger partial charge >= 0.3 is 0 Å². The van der Waals surface area contributed by atoms with Crippen molar-refractivity contribution < 1.29 is 9.53 Å². The normalized spacial score (nSPS) is 17.4. The van der Waals surface area contributed by atoms with Crippen molar-refractivity contribution in [3.05, 3.63) is 33.8 Å². The van der Waals surface area contributed by atoms with E-state index in [0.29, 0.717) is 13.2 Å². The Morgan fingerprint density at radius 2 is 2.00 bits per heavy atom. The van der Waals surface area contributed by atoms with Crippen LogP contribution < -0.4 is 0 Å². The zero-order valence-electron chi connectivity index (χ0n) is 9.33. The molecule has 2 rings (SSSR count). The molecule has 16 heavy (non-hydrogen) atoms. The van der Waals surface area contributed by atoms with Gasteiger partial charge in [0.25, 0.3) is 0 Å². The van der Waals surface area contributed by atoms with Crippen LogP contribution in [0.25, 0.3) is 0 Å². The van der Waals surface area contributed by atoms with Gasteiger partial charge in [0.15, 0.2) is 5.78 Å². The van der Waals surface area contributed by atoms with E-state index in [2.05, 4.69) is 15.9 Å². The van der Waals surface area contributed by atoms with Gasteiger partial charge in [0.2, 0.25) is 0 Å². The van der Waals surface area contributed by atoms with Crippen LogP contribution >= 0.6 is 15.9 Å². The molecule has 0 aliphatic carbocycles.